The van der Waals surface area contributed by atoms with Crippen molar-refractivity contribution in [1.82, 2.24) is 15.5 Å². The summed E-state index contributed by atoms with van der Waals surface area (Å²) in [6, 6.07) is 2.36. The van der Waals surface area contributed by atoms with Crippen LogP contribution >= 0.6 is 0 Å². The van der Waals surface area contributed by atoms with Crippen LogP contribution in [0.25, 0.3) is 0 Å². The lowest BCUT2D eigenvalue weighted by atomic mass is 9.84. The fraction of sp³-hybridized carbons (Fsp3) is 0.600. The second-order valence-electron chi connectivity index (χ2n) is 7.97. The molecule has 5 nitrogen and oxygen atoms in total. The molecule has 2 N–H and O–H groups in total. The van der Waals surface area contributed by atoms with Crippen LogP contribution in [0.2, 0.25) is 0 Å². The van der Waals surface area contributed by atoms with E-state index in [9.17, 15) is 18.4 Å². The van der Waals surface area contributed by atoms with E-state index < -0.39 is 23.6 Å². The molecule has 2 heterocycles. The Hall–Kier alpha value is -2.02. The summed E-state index contributed by atoms with van der Waals surface area (Å²) in [5.41, 5.74) is -0.163. The molecule has 2 saturated heterocycles. The topological polar surface area (TPSA) is 61.4 Å². The average Bonchev–Trinajstić information content (AvgIpc) is 2.99. The van der Waals surface area contributed by atoms with E-state index in [0.29, 0.717) is 18.9 Å². The Morgan fingerprint density at radius 1 is 1.19 bits per heavy atom. The zero-order chi connectivity index (χ0) is 19.0. The van der Waals surface area contributed by atoms with Gasteiger partial charge in [-0.3, -0.25) is 9.59 Å². The van der Waals surface area contributed by atoms with Crippen molar-refractivity contribution >= 4 is 11.8 Å². The first-order valence-electron chi connectivity index (χ1n) is 9.80. The highest BCUT2D eigenvalue weighted by Gasteiger charge is 2.48. The summed E-state index contributed by atoms with van der Waals surface area (Å²) in [4.78, 5) is 27.5. The Morgan fingerprint density at radius 3 is 2.67 bits per heavy atom. The Morgan fingerprint density at radius 2 is 1.96 bits per heavy atom. The number of carbonyl (C=O) groups is 2. The summed E-state index contributed by atoms with van der Waals surface area (Å²) in [5.74, 6) is -1.56. The van der Waals surface area contributed by atoms with Crippen LogP contribution in [0.4, 0.5) is 8.78 Å². The fourth-order valence-corrected chi connectivity index (χ4v) is 4.64. The molecular weight excluding hydrogens is 352 g/mol. The number of carbonyl (C=O) groups excluding carboxylic acids is 2. The third-order valence-corrected chi connectivity index (χ3v) is 6.22. The van der Waals surface area contributed by atoms with E-state index >= 15 is 0 Å². The summed E-state index contributed by atoms with van der Waals surface area (Å²) < 4.78 is 27.5. The summed E-state index contributed by atoms with van der Waals surface area (Å²) >= 11 is 0. The second-order valence-corrected chi connectivity index (χ2v) is 7.97. The number of benzene rings is 1. The van der Waals surface area contributed by atoms with Gasteiger partial charge >= 0.3 is 0 Å². The minimum atomic E-state index is -0.876. The van der Waals surface area contributed by atoms with E-state index in [4.69, 9.17) is 0 Å². The summed E-state index contributed by atoms with van der Waals surface area (Å²) in [5, 5.41) is 6.14. The predicted molar refractivity (Wildman–Crippen MR) is 96.0 cm³/mol. The Kier molecular flexibility index (Phi) is 5.12. The van der Waals surface area contributed by atoms with Gasteiger partial charge in [0.1, 0.15) is 17.7 Å². The van der Waals surface area contributed by atoms with Crippen molar-refractivity contribution in [1.29, 1.82) is 0 Å². The van der Waals surface area contributed by atoms with E-state index in [1.54, 1.807) is 4.90 Å². The van der Waals surface area contributed by atoms with Crippen molar-refractivity contribution in [2.24, 2.45) is 11.8 Å². The van der Waals surface area contributed by atoms with Crippen LogP contribution < -0.4 is 10.6 Å². The van der Waals surface area contributed by atoms with Crippen molar-refractivity contribution in [3.8, 4) is 0 Å². The smallest absolute Gasteiger partial charge is 0.257 e. The summed E-state index contributed by atoms with van der Waals surface area (Å²) in [7, 11) is 0. The third kappa shape index (κ3) is 3.57. The van der Waals surface area contributed by atoms with Crippen molar-refractivity contribution in [2.75, 3.05) is 19.6 Å². The number of nitrogens with one attached hydrogen (secondary N) is 2. The van der Waals surface area contributed by atoms with Gasteiger partial charge in [0.05, 0.1) is 5.56 Å². The molecule has 0 spiro atoms. The number of nitrogens with zero attached hydrogens (tertiary/aromatic N) is 1. The van der Waals surface area contributed by atoms with Crippen LogP contribution in [0.5, 0.6) is 0 Å². The second kappa shape index (κ2) is 7.54. The van der Waals surface area contributed by atoms with Crippen LogP contribution in [0.15, 0.2) is 18.2 Å². The molecule has 0 bridgehead atoms. The number of hydrogen-bond acceptors (Lipinski definition) is 3. The zero-order valence-corrected chi connectivity index (χ0v) is 15.2. The van der Waals surface area contributed by atoms with Crippen LogP contribution in [0.1, 0.15) is 42.5 Å². The monoisotopic (exact) mass is 377 g/mol. The largest absolute Gasteiger partial charge is 0.354 e. The third-order valence-electron chi connectivity index (χ3n) is 6.22. The van der Waals surface area contributed by atoms with Gasteiger partial charge in [-0.05, 0) is 37.3 Å². The molecule has 1 saturated carbocycles. The maximum absolute atomic E-state index is 14.2. The van der Waals surface area contributed by atoms with Crippen LogP contribution in [0, 0.1) is 23.5 Å². The minimum absolute atomic E-state index is 0.0446. The molecule has 0 aromatic heterocycles. The van der Waals surface area contributed by atoms with Crippen molar-refractivity contribution in [2.45, 2.75) is 44.2 Å². The molecular formula is C20H25F2N3O2. The summed E-state index contributed by atoms with van der Waals surface area (Å²) in [6.07, 6.45) is 4.52. The number of halogens is 2. The van der Waals surface area contributed by atoms with Crippen LogP contribution in [0.3, 0.4) is 0 Å². The van der Waals surface area contributed by atoms with Gasteiger partial charge in [0.15, 0.2) is 0 Å². The van der Waals surface area contributed by atoms with E-state index in [1.165, 1.54) is 6.07 Å². The van der Waals surface area contributed by atoms with Gasteiger partial charge in [0.2, 0.25) is 5.91 Å². The highest BCUT2D eigenvalue weighted by atomic mass is 19.1. The number of fused-ring (bicyclic) bond motifs is 1. The van der Waals surface area contributed by atoms with E-state index in [1.807, 2.05) is 0 Å². The van der Waals surface area contributed by atoms with Crippen molar-refractivity contribution < 1.29 is 18.4 Å². The number of rotatable bonds is 4. The standard InChI is InChI=1S/C20H25F2N3O2/c21-14-5-6-15(16(22)8-14)20(27)25-17-4-2-1-3-13(17)7-18(25)19(26)24-11-12-9-23-10-12/h5-6,8,12-13,17-18,23H,1-4,7,9-11H2,(H,24,26). The lowest BCUT2D eigenvalue weighted by molar-refractivity contribution is -0.125. The van der Waals surface area contributed by atoms with Crippen molar-refractivity contribution in [3.63, 3.8) is 0 Å². The normalized spacial score (nSPS) is 27.8. The first-order chi connectivity index (χ1) is 13.0. The fourth-order valence-electron chi connectivity index (χ4n) is 4.64. The van der Waals surface area contributed by atoms with E-state index in [2.05, 4.69) is 10.6 Å². The van der Waals surface area contributed by atoms with Gasteiger partial charge in [-0.15, -0.1) is 0 Å². The number of likely N-dealkylation sites (tertiary alicyclic amines) is 1. The predicted octanol–water partition coefficient (Wildman–Crippen LogP) is 2.07. The zero-order valence-electron chi connectivity index (χ0n) is 15.2. The molecule has 1 aromatic rings. The van der Waals surface area contributed by atoms with Crippen molar-refractivity contribution in [3.05, 3.63) is 35.4 Å². The minimum Gasteiger partial charge on any atom is -0.354 e. The lowest BCUT2D eigenvalue weighted by Crippen LogP contribution is -2.53. The van der Waals surface area contributed by atoms with E-state index in [-0.39, 0.29) is 23.4 Å². The molecule has 7 heteroatoms. The average molecular weight is 377 g/mol. The molecule has 4 rings (SSSR count). The molecule has 0 radical (unpaired) electrons. The first-order valence-corrected chi connectivity index (χ1v) is 9.80. The van der Waals surface area contributed by atoms with Gasteiger partial charge in [-0.2, -0.15) is 0 Å². The molecule has 2 aliphatic heterocycles. The maximum Gasteiger partial charge on any atom is 0.257 e. The van der Waals surface area contributed by atoms with Gasteiger partial charge in [-0.1, -0.05) is 12.8 Å². The van der Waals surface area contributed by atoms with Crippen LogP contribution in [-0.4, -0.2) is 48.4 Å². The number of hydrogen-bond donors (Lipinski definition) is 2. The van der Waals surface area contributed by atoms with E-state index in [0.717, 1.165) is 50.9 Å². The van der Waals surface area contributed by atoms with Crippen LogP contribution in [-0.2, 0) is 4.79 Å². The molecule has 3 atom stereocenters. The Labute approximate surface area is 157 Å². The first kappa shape index (κ1) is 18.3. The molecule has 1 aliphatic carbocycles. The maximum atomic E-state index is 14.2. The molecule has 2 amide bonds. The quantitative estimate of drug-likeness (QED) is 0.845. The molecule has 3 unspecified atom stereocenters. The molecule has 3 fully saturated rings. The van der Waals surface area contributed by atoms with Gasteiger partial charge in [0.25, 0.3) is 5.91 Å². The SMILES string of the molecule is O=C(NCC1CNC1)C1CC2CCCCC2N1C(=O)c1ccc(F)cc1F. The lowest BCUT2D eigenvalue weighted by Gasteiger charge is -2.34. The Balaban J connectivity index is 1.56. The van der Waals surface area contributed by atoms with Gasteiger partial charge in [-0.25, -0.2) is 8.78 Å². The molecule has 146 valence electrons. The molecule has 3 aliphatic rings. The summed E-state index contributed by atoms with van der Waals surface area (Å²) in [6.45, 7) is 2.36. The Bertz CT molecular complexity index is 738. The number of amides is 2. The van der Waals surface area contributed by atoms with Gasteiger partial charge < -0.3 is 15.5 Å². The molecule has 1 aromatic carbocycles. The highest BCUT2D eigenvalue weighted by molar-refractivity contribution is 5.98. The highest BCUT2D eigenvalue weighted by Crippen LogP contribution is 2.40. The van der Waals surface area contributed by atoms with Gasteiger partial charge in [0, 0.05) is 37.7 Å². The molecule has 27 heavy (non-hydrogen) atoms.